The first-order valence-electron chi connectivity index (χ1n) is 10.6. The maximum atomic E-state index is 10.6. The Morgan fingerprint density at radius 1 is 0.441 bits per heavy atom. The Morgan fingerprint density at radius 2 is 0.912 bits per heavy atom. The second-order valence-electron chi connectivity index (χ2n) is 8.33. The summed E-state index contributed by atoms with van der Waals surface area (Å²) in [5.74, 6) is 0. The van der Waals surface area contributed by atoms with E-state index in [1.807, 2.05) is 0 Å². The van der Waals surface area contributed by atoms with Gasteiger partial charge in [0.2, 0.25) is 0 Å². The highest BCUT2D eigenvalue weighted by atomic mass is 16.7. The maximum Gasteiger partial charge on any atom is 0.187 e. The van der Waals surface area contributed by atoms with Crippen LogP contribution in [-0.2, 0) is 23.7 Å². The molecule has 0 aliphatic carbocycles. The maximum absolute atomic E-state index is 10.6. The Labute approximate surface area is 192 Å². The third kappa shape index (κ3) is 5.37. The van der Waals surface area contributed by atoms with Crippen LogP contribution in [0.2, 0.25) is 0 Å². The second-order valence-corrected chi connectivity index (χ2v) is 8.33. The van der Waals surface area contributed by atoms with E-state index in [0.717, 1.165) is 0 Å². The van der Waals surface area contributed by atoms with Crippen molar-refractivity contribution in [3.05, 3.63) is 0 Å². The zero-order valence-corrected chi connectivity index (χ0v) is 17.7. The van der Waals surface area contributed by atoms with E-state index in [0.29, 0.717) is 0 Å². The predicted octanol–water partition coefficient (Wildman–Crippen LogP) is -7.57. The van der Waals surface area contributed by atoms with Crippen LogP contribution in [0.3, 0.4) is 0 Å². The van der Waals surface area contributed by atoms with Gasteiger partial charge in [0.15, 0.2) is 18.9 Å². The fourth-order valence-corrected chi connectivity index (χ4v) is 4.05. The van der Waals surface area contributed by atoms with Gasteiger partial charge >= 0.3 is 0 Å². The van der Waals surface area contributed by atoms with Gasteiger partial charge in [0.25, 0.3) is 0 Å². The molecule has 3 saturated heterocycles. The molecule has 3 fully saturated rings. The summed E-state index contributed by atoms with van der Waals surface area (Å²) in [6.07, 6.45) is -25.3. The summed E-state index contributed by atoms with van der Waals surface area (Å²) >= 11 is 0. The summed E-state index contributed by atoms with van der Waals surface area (Å²) in [4.78, 5) is 0. The highest BCUT2D eigenvalue weighted by Crippen LogP contribution is 2.32. The summed E-state index contributed by atoms with van der Waals surface area (Å²) in [6.45, 7) is -2.31. The molecule has 3 rings (SSSR count). The van der Waals surface area contributed by atoms with E-state index in [9.17, 15) is 56.2 Å². The van der Waals surface area contributed by atoms with Crippen LogP contribution in [0.1, 0.15) is 0 Å². The monoisotopic (exact) mass is 504 g/mol. The van der Waals surface area contributed by atoms with Gasteiger partial charge in [-0.2, -0.15) is 0 Å². The fourth-order valence-electron chi connectivity index (χ4n) is 4.05. The van der Waals surface area contributed by atoms with Gasteiger partial charge in [-0.1, -0.05) is 0 Å². The van der Waals surface area contributed by atoms with E-state index in [2.05, 4.69) is 0 Å². The zero-order valence-electron chi connectivity index (χ0n) is 17.7. The van der Waals surface area contributed by atoms with Crippen LogP contribution in [-0.4, -0.2) is 168 Å². The molecule has 200 valence electrons. The Bertz CT molecular complexity index is 637. The van der Waals surface area contributed by atoms with E-state index >= 15 is 0 Å². The third-order valence-corrected chi connectivity index (χ3v) is 6.09. The van der Waals surface area contributed by atoms with Crippen LogP contribution < -0.4 is 0 Å². The Hall–Kier alpha value is -0.640. The largest absolute Gasteiger partial charge is 0.394 e. The molecule has 0 aromatic carbocycles. The van der Waals surface area contributed by atoms with Crippen molar-refractivity contribution in [1.82, 2.24) is 0 Å². The van der Waals surface area contributed by atoms with E-state index in [1.54, 1.807) is 0 Å². The predicted molar refractivity (Wildman–Crippen MR) is 101 cm³/mol. The van der Waals surface area contributed by atoms with Crippen molar-refractivity contribution in [3.63, 3.8) is 0 Å². The molecule has 0 bridgehead atoms. The lowest BCUT2D eigenvalue weighted by Gasteiger charge is -2.47. The van der Waals surface area contributed by atoms with Crippen molar-refractivity contribution in [2.24, 2.45) is 0 Å². The minimum atomic E-state index is -1.93. The zero-order chi connectivity index (χ0) is 25.3. The minimum Gasteiger partial charge on any atom is -0.394 e. The molecule has 3 aliphatic heterocycles. The normalized spacial score (nSPS) is 52.5. The van der Waals surface area contributed by atoms with Crippen molar-refractivity contribution < 1.29 is 79.9 Å². The highest BCUT2D eigenvalue weighted by molar-refractivity contribution is 4.96. The molecular weight excluding hydrogens is 472 g/mol. The first-order chi connectivity index (χ1) is 16.0. The fraction of sp³-hybridized carbons (Fsp3) is 1.00. The summed E-state index contributed by atoms with van der Waals surface area (Å²) in [5, 5.41) is 109. The number of aliphatic hydroxyl groups excluding tert-OH is 11. The average molecular weight is 504 g/mol. The van der Waals surface area contributed by atoms with Crippen molar-refractivity contribution in [3.8, 4) is 0 Å². The number of ether oxygens (including phenoxy) is 5. The standard InChI is InChI=1S/C18H32O16/c19-1-4-7(22)9(24)11(26)17(31-4)33-14-6(3-21)32-18(12(27)10(14)25)34-15-8(23)5(2-20)30-16(29)13(15)28/h4-29H,1-3H2/t4-,5-,6-,7+,8+,9+,10-,11-,12-,13-,14+,15+,16+,17+,18-/m1/s1. The Morgan fingerprint density at radius 3 is 1.47 bits per heavy atom. The minimum absolute atomic E-state index is 0.740. The first-order valence-corrected chi connectivity index (χ1v) is 10.6. The quantitative estimate of drug-likeness (QED) is 0.154. The molecular formula is C18H32O16. The molecule has 0 aromatic rings. The molecule has 0 spiro atoms. The van der Waals surface area contributed by atoms with Crippen LogP contribution in [0.4, 0.5) is 0 Å². The topological polar surface area (TPSA) is 269 Å². The van der Waals surface area contributed by atoms with Gasteiger partial charge in [-0.25, -0.2) is 0 Å². The summed E-state index contributed by atoms with van der Waals surface area (Å²) in [5.41, 5.74) is 0. The van der Waals surface area contributed by atoms with E-state index in [-0.39, 0.29) is 0 Å². The number of hydrogen-bond acceptors (Lipinski definition) is 16. The lowest BCUT2D eigenvalue weighted by Crippen LogP contribution is -2.66. The second kappa shape index (κ2) is 11.6. The third-order valence-electron chi connectivity index (χ3n) is 6.09. The summed E-state index contributed by atoms with van der Waals surface area (Å²) in [7, 11) is 0. The molecule has 0 aromatic heterocycles. The number of rotatable bonds is 7. The summed E-state index contributed by atoms with van der Waals surface area (Å²) < 4.78 is 26.2. The molecule has 3 heterocycles. The van der Waals surface area contributed by atoms with Crippen LogP contribution in [0.5, 0.6) is 0 Å². The summed E-state index contributed by atoms with van der Waals surface area (Å²) in [6, 6.07) is 0. The van der Waals surface area contributed by atoms with Crippen molar-refractivity contribution in [1.29, 1.82) is 0 Å². The van der Waals surface area contributed by atoms with Crippen LogP contribution in [0.25, 0.3) is 0 Å². The molecule has 3 aliphatic rings. The van der Waals surface area contributed by atoms with Gasteiger partial charge in [0, 0.05) is 0 Å². The molecule has 0 amide bonds. The average Bonchev–Trinajstić information content (AvgIpc) is 2.83. The molecule has 0 radical (unpaired) electrons. The van der Waals surface area contributed by atoms with Gasteiger partial charge in [-0.15, -0.1) is 0 Å². The molecule has 0 saturated carbocycles. The number of hydrogen-bond donors (Lipinski definition) is 11. The van der Waals surface area contributed by atoms with Crippen LogP contribution in [0, 0.1) is 0 Å². The van der Waals surface area contributed by atoms with Crippen molar-refractivity contribution >= 4 is 0 Å². The SMILES string of the molecule is OC[C@H]1O[C@@H](O[C@@H]2[C@H](O)[C@@H](O)[C@@H](O[C@@H]3[C@@H](O)[C@@H](O)O[C@H](CO)[C@@H]3O)O[C@@H]2CO)[C@H](O)[C@@H](O)[C@H]1O. The van der Waals surface area contributed by atoms with Crippen molar-refractivity contribution in [2.45, 2.75) is 92.1 Å². The molecule has 16 nitrogen and oxygen atoms in total. The van der Waals surface area contributed by atoms with Gasteiger partial charge in [0.05, 0.1) is 19.8 Å². The van der Waals surface area contributed by atoms with Crippen molar-refractivity contribution in [2.75, 3.05) is 19.8 Å². The number of aliphatic hydroxyl groups is 11. The van der Waals surface area contributed by atoms with Gasteiger partial charge < -0.3 is 79.9 Å². The lowest BCUT2D eigenvalue weighted by molar-refractivity contribution is -0.378. The Kier molecular flexibility index (Phi) is 9.54. The first kappa shape index (κ1) is 27.9. The highest BCUT2D eigenvalue weighted by Gasteiger charge is 2.53. The van der Waals surface area contributed by atoms with Crippen LogP contribution in [0.15, 0.2) is 0 Å². The van der Waals surface area contributed by atoms with Gasteiger partial charge in [0.1, 0.15) is 73.2 Å². The van der Waals surface area contributed by atoms with Gasteiger partial charge in [-0.05, 0) is 0 Å². The molecule has 15 atom stereocenters. The molecule has 16 heteroatoms. The van der Waals surface area contributed by atoms with Crippen LogP contribution >= 0.6 is 0 Å². The van der Waals surface area contributed by atoms with Gasteiger partial charge in [-0.3, -0.25) is 0 Å². The lowest BCUT2D eigenvalue weighted by atomic mass is 9.96. The van der Waals surface area contributed by atoms with E-state index < -0.39 is 112 Å². The van der Waals surface area contributed by atoms with E-state index in [1.165, 1.54) is 0 Å². The smallest absolute Gasteiger partial charge is 0.187 e. The molecule has 0 unspecified atom stereocenters. The Balaban J connectivity index is 1.72. The molecule has 34 heavy (non-hydrogen) atoms. The van der Waals surface area contributed by atoms with E-state index in [4.69, 9.17) is 23.7 Å². The molecule has 11 N–H and O–H groups in total.